The molecule has 0 saturated heterocycles. The third-order valence-electron chi connectivity index (χ3n) is 2.73. The predicted octanol–water partition coefficient (Wildman–Crippen LogP) is 1.80. The number of anilines is 1. The minimum absolute atomic E-state index is 0.369. The van der Waals surface area contributed by atoms with E-state index in [-0.39, 0.29) is 6.54 Å². The highest BCUT2D eigenvalue weighted by atomic mass is 19.3. The van der Waals surface area contributed by atoms with Crippen molar-refractivity contribution in [2.75, 3.05) is 5.32 Å². The minimum atomic E-state index is -2.38. The predicted molar refractivity (Wildman–Crippen MR) is 63.5 cm³/mol. The maximum atomic E-state index is 12.1. The smallest absolute Gasteiger partial charge is 0.257 e. The number of rotatable bonds is 5. The molecule has 98 valence electrons. The van der Waals surface area contributed by atoms with Crippen LogP contribution in [0.3, 0.4) is 0 Å². The Morgan fingerprint density at radius 3 is 2.72 bits per heavy atom. The summed E-state index contributed by atoms with van der Waals surface area (Å²) in [4.78, 5) is 0. The van der Waals surface area contributed by atoms with Gasteiger partial charge in [0.05, 0.1) is 23.8 Å². The molecule has 7 heteroatoms. The molecule has 0 saturated carbocycles. The summed E-state index contributed by atoms with van der Waals surface area (Å²) < 4.78 is 27.3. The van der Waals surface area contributed by atoms with E-state index in [9.17, 15) is 8.78 Å². The minimum Gasteiger partial charge on any atom is -0.378 e. The van der Waals surface area contributed by atoms with E-state index in [1.54, 1.807) is 23.3 Å². The lowest BCUT2D eigenvalue weighted by Crippen LogP contribution is -2.06. The first-order valence-electron chi connectivity index (χ1n) is 5.58. The molecule has 0 aliphatic rings. The molecular formula is C11H15F2N5. The number of aromatic nitrogens is 4. The van der Waals surface area contributed by atoms with Crippen molar-refractivity contribution < 1.29 is 8.78 Å². The largest absolute Gasteiger partial charge is 0.378 e. The van der Waals surface area contributed by atoms with Gasteiger partial charge in [0.15, 0.2) is 0 Å². The lowest BCUT2D eigenvalue weighted by atomic mass is 10.3. The Kier molecular flexibility index (Phi) is 3.59. The van der Waals surface area contributed by atoms with Crippen molar-refractivity contribution in [3.05, 3.63) is 29.8 Å². The van der Waals surface area contributed by atoms with Crippen LogP contribution in [0, 0.1) is 6.92 Å². The van der Waals surface area contributed by atoms with Crippen LogP contribution in [-0.2, 0) is 20.1 Å². The summed E-state index contributed by atoms with van der Waals surface area (Å²) in [6.45, 7) is 2.12. The number of halogens is 2. The van der Waals surface area contributed by atoms with Crippen LogP contribution in [0.2, 0.25) is 0 Å². The Labute approximate surface area is 103 Å². The fourth-order valence-corrected chi connectivity index (χ4v) is 1.61. The summed E-state index contributed by atoms with van der Waals surface area (Å²) in [6.07, 6.45) is 2.55. The van der Waals surface area contributed by atoms with E-state index in [1.807, 2.05) is 14.0 Å². The van der Waals surface area contributed by atoms with E-state index >= 15 is 0 Å². The van der Waals surface area contributed by atoms with Gasteiger partial charge in [-0.2, -0.15) is 10.2 Å². The SMILES string of the molecule is Cc1c(NCc2cnn(CC(F)F)c2)cnn1C. The van der Waals surface area contributed by atoms with Gasteiger partial charge in [0.25, 0.3) is 6.43 Å². The molecule has 0 spiro atoms. The van der Waals surface area contributed by atoms with Crippen molar-refractivity contribution in [2.24, 2.45) is 7.05 Å². The molecule has 0 unspecified atom stereocenters. The lowest BCUT2D eigenvalue weighted by Gasteiger charge is -2.03. The summed E-state index contributed by atoms with van der Waals surface area (Å²) in [7, 11) is 1.86. The van der Waals surface area contributed by atoms with Crippen LogP contribution < -0.4 is 5.32 Å². The van der Waals surface area contributed by atoms with Gasteiger partial charge in [-0.3, -0.25) is 9.36 Å². The molecule has 0 amide bonds. The quantitative estimate of drug-likeness (QED) is 0.886. The molecule has 2 heterocycles. The van der Waals surface area contributed by atoms with Crippen molar-refractivity contribution in [1.29, 1.82) is 0 Å². The average Bonchev–Trinajstić information content (AvgIpc) is 2.86. The van der Waals surface area contributed by atoms with Crippen LogP contribution >= 0.6 is 0 Å². The van der Waals surface area contributed by atoms with Crippen LogP contribution in [0.5, 0.6) is 0 Å². The molecule has 1 N–H and O–H groups in total. The number of hydrogen-bond donors (Lipinski definition) is 1. The van der Waals surface area contributed by atoms with Crippen molar-refractivity contribution in [1.82, 2.24) is 19.6 Å². The molecule has 2 aromatic heterocycles. The topological polar surface area (TPSA) is 47.7 Å². The third-order valence-corrected chi connectivity index (χ3v) is 2.73. The molecule has 0 aromatic carbocycles. The summed E-state index contributed by atoms with van der Waals surface area (Å²) in [5, 5.41) is 11.2. The highest BCUT2D eigenvalue weighted by Gasteiger charge is 2.07. The van der Waals surface area contributed by atoms with Crippen molar-refractivity contribution in [3.63, 3.8) is 0 Å². The molecule has 2 rings (SSSR count). The number of alkyl halides is 2. The van der Waals surface area contributed by atoms with Crippen molar-refractivity contribution in [3.8, 4) is 0 Å². The van der Waals surface area contributed by atoms with Crippen molar-refractivity contribution >= 4 is 5.69 Å². The number of aryl methyl sites for hydroxylation is 1. The highest BCUT2D eigenvalue weighted by Crippen LogP contribution is 2.13. The number of nitrogens with one attached hydrogen (secondary N) is 1. The number of nitrogens with zero attached hydrogens (tertiary/aromatic N) is 4. The zero-order valence-corrected chi connectivity index (χ0v) is 10.3. The summed E-state index contributed by atoms with van der Waals surface area (Å²) in [6, 6.07) is 0. The lowest BCUT2D eigenvalue weighted by molar-refractivity contribution is 0.122. The van der Waals surface area contributed by atoms with Crippen LogP contribution in [0.25, 0.3) is 0 Å². The Morgan fingerprint density at radius 2 is 2.11 bits per heavy atom. The van der Waals surface area contributed by atoms with E-state index in [4.69, 9.17) is 0 Å². The molecule has 0 radical (unpaired) electrons. The Bertz CT molecular complexity index is 517. The highest BCUT2D eigenvalue weighted by molar-refractivity contribution is 5.45. The Morgan fingerprint density at radius 1 is 1.33 bits per heavy atom. The molecular weight excluding hydrogens is 240 g/mol. The second-order valence-electron chi connectivity index (χ2n) is 4.08. The summed E-state index contributed by atoms with van der Waals surface area (Å²) >= 11 is 0. The molecule has 0 bridgehead atoms. The maximum Gasteiger partial charge on any atom is 0.257 e. The van der Waals surface area contributed by atoms with E-state index in [0.29, 0.717) is 6.54 Å². The van der Waals surface area contributed by atoms with Crippen LogP contribution in [0.1, 0.15) is 11.3 Å². The van der Waals surface area contributed by atoms with Gasteiger partial charge in [-0.1, -0.05) is 0 Å². The van der Waals surface area contributed by atoms with Gasteiger partial charge in [-0.05, 0) is 6.92 Å². The van der Waals surface area contributed by atoms with Gasteiger partial charge in [0.2, 0.25) is 0 Å². The molecule has 0 aliphatic heterocycles. The van der Waals surface area contributed by atoms with Crippen LogP contribution in [-0.4, -0.2) is 26.0 Å². The summed E-state index contributed by atoms with van der Waals surface area (Å²) in [5.74, 6) is 0. The summed E-state index contributed by atoms with van der Waals surface area (Å²) in [5.41, 5.74) is 2.81. The fraction of sp³-hybridized carbons (Fsp3) is 0.455. The van der Waals surface area contributed by atoms with Gasteiger partial charge < -0.3 is 5.32 Å². The number of hydrogen-bond acceptors (Lipinski definition) is 3. The standard InChI is InChI=1S/C11H15F2N5/c1-8-10(5-15-17(8)2)14-3-9-4-16-18(6-9)7-11(12)13/h4-6,11,14H,3,7H2,1-2H3. The van der Waals surface area contributed by atoms with Crippen molar-refractivity contribution in [2.45, 2.75) is 26.4 Å². The van der Waals surface area contributed by atoms with Gasteiger partial charge >= 0.3 is 0 Å². The molecule has 0 atom stereocenters. The molecule has 5 nitrogen and oxygen atoms in total. The first kappa shape index (κ1) is 12.5. The second kappa shape index (κ2) is 5.16. The van der Waals surface area contributed by atoms with E-state index in [0.717, 1.165) is 16.9 Å². The van der Waals surface area contributed by atoms with Gasteiger partial charge in [0.1, 0.15) is 6.54 Å². The average molecular weight is 255 g/mol. The van der Waals surface area contributed by atoms with Gasteiger partial charge in [-0.15, -0.1) is 0 Å². The Hall–Kier alpha value is -1.92. The Balaban J connectivity index is 1.94. The van der Waals surface area contributed by atoms with Crippen LogP contribution in [0.15, 0.2) is 18.6 Å². The van der Waals surface area contributed by atoms with E-state index < -0.39 is 6.43 Å². The van der Waals surface area contributed by atoms with Crippen LogP contribution in [0.4, 0.5) is 14.5 Å². The first-order valence-corrected chi connectivity index (χ1v) is 5.58. The van der Waals surface area contributed by atoms with Gasteiger partial charge in [0, 0.05) is 25.4 Å². The fourth-order valence-electron chi connectivity index (χ4n) is 1.61. The van der Waals surface area contributed by atoms with E-state index in [1.165, 1.54) is 4.68 Å². The normalized spacial score (nSPS) is 11.2. The first-order chi connectivity index (χ1) is 8.56. The molecule has 2 aromatic rings. The third kappa shape index (κ3) is 2.85. The van der Waals surface area contributed by atoms with Gasteiger partial charge in [-0.25, -0.2) is 8.78 Å². The second-order valence-corrected chi connectivity index (χ2v) is 4.08. The molecule has 0 fully saturated rings. The molecule has 18 heavy (non-hydrogen) atoms. The monoisotopic (exact) mass is 255 g/mol. The zero-order valence-electron chi connectivity index (χ0n) is 10.3. The van der Waals surface area contributed by atoms with E-state index in [2.05, 4.69) is 15.5 Å². The molecule has 0 aliphatic carbocycles. The maximum absolute atomic E-state index is 12.1. The zero-order chi connectivity index (χ0) is 13.1.